The van der Waals surface area contributed by atoms with Crippen molar-refractivity contribution in [3.05, 3.63) is 65.7 Å². The Morgan fingerprint density at radius 1 is 1.20 bits per heavy atom. The molecule has 0 aliphatic rings. The smallest absolute Gasteiger partial charge is 0.349 e. The van der Waals surface area contributed by atoms with Crippen LogP contribution in [0.25, 0.3) is 10.9 Å². The molecule has 0 radical (unpaired) electrons. The Morgan fingerprint density at radius 2 is 1.93 bits per heavy atom. The summed E-state index contributed by atoms with van der Waals surface area (Å²) in [6.07, 6.45) is 1.33. The van der Waals surface area contributed by atoms with Crippen LogP contribution in [0.1, 0.15) is 5.56 Å². The second-order valence-corrected chi connectivity index (χ2v) is 7.41. The van der Waals surface area contributed by atoms with E-state index in [1.807, 2.05) is 0 Å². The lowest BCUT2D eigenvalue weighted by Crippen LogP contribution is -2.32. The number of benzene rings is 2. The van der Waals surface area contributed by atoms with Crippen LogP contribution >= 0.6 is 31.9 Å². The lowest BCUT2D eigenvalue weighted by atomic mass is 10.2. The maximum absolute atomic E-state index is 12.6. The van der Waals surface area contributed by atoms with Gasteiger partial charge < -0.3 is 19.2 Å². The third-order valence-electron chi connectivity index (χ3n) is 4.03. The van der Waals surface area contributed by atoms with Crippen molar-refractivity contribution >= 4 is 54.9 Å². The number of aromatic amines is 1. The van der Waals surface area contributed by atoms with Gasteiger partial charge in [-0.1, -0.05) is 12.1 Å². The van der Waals surface area contributed by atoms with Gasteiger partial charge in [-0.3, -0.25) is 4.79 Å². The molecule has 0 bridgehead atoms. The average Bonchev–Trinajstić information content (AvgIpc) is 2.75. The second kappa shape index (κ2) is 9.26. The Kier molecular flexibility index (Phi) is 6.73. The van der Waals surface area contributed by atoms with Crippen LogP contribution in [0.2, 0.25) is 0 Å². The highest BCUT2D eigenvalue weighted by atomic mass is 79.9. The van der Waals surface area contributed by atoms with Gasteiger partial charge in [0.15, 0.2) is 18.1 Å². The number of methoxy groups -OCH3 is 2. The van der Waals surface area contributed by atoms with Crippen molar-refractivity contribution in [2.45, 2.75) is 0 Å². The summed E-state index contributed by atoms with van der Waals surface area (Å²) in [5.41, 5.74) is -0.304. The molecular formula is C19H15Br2N3O6. The number of hydrogen-bond donors (Lipinski definition) is 1. The highest BCUT2D eigenvalue weighted by Crippen LogP contribution is 2.42. The van der Waals surface area contributed by atoms with Crippen LogP contribution in [0, 0.1) is 0 Å². The van der Waals surface area contributed by atoms with Crippen LogP contribution in [0.15, 0.2) is 54.0 Å². The summed E-state index contributed by atoms with van der Waals surface area (Å²) in [5.74, 6) is 0.0171. The van der Waals surface area contributed by atoms with Gasteiger partial charge in [-0.15, -0.1) is 4.68 Å². The number of fused-ring (bicyclic) bond motifs is 1. The number of hydrogen-bond acceptors (Lipinski definition) is 7. The summed E-state index contributed by atoms with van der Waals surface area (Å²) in [6.45, 7) is -0.312. The molecule has 3 aromatic rings. The number of halogens is 2. The minimum atomic E-state index is -0.671. The first-order valence-electron chi connectivity index (χ1n) is 8.41. The highest BCUT2D eigenvalue weighted by Gasteiger charge is 2.18. The summed E-state index contributed by atoms with van der Waals surface area (Å²) < 4.78 is 17.0. The molecule has 0 fully saturated rings. The number of rotatable bonds is 6. The predicted molar refractivity (Wildman–Crippen MR) is 118 cm³/mol. The number of nitrogens with zero attached hydrogens (tertiary/aromatic N) is 2. The van der Waals surface area contributed by atoms with E-state index in [1.165, 1.54) is 20.4 Å². The molecule has 1 N–H and O–H groups in total. The molecule has 156 valence electrons. The molecule has 30 heavy (non-hydrogen) atoms. The van der Waals surface area contributed by atoms with E-state index in [2.05, 4.69) is 46.7 Å². The Balaban J connectivity index is 2.03. The molecule has 0 saturated carbocycles. The van der Waals surface area contributed by atoms with Gasteiger partial charge in [0.05, 0.1) is 35.8 Å². The first kappa shape index (κ1) is 21.8. The Labute approximate surface area is 186 Å². The van der Waals surface area contributed by atoms with Crippen molar-refractivity contribution in [3.8, 4) is 11.5 Å². The number of esters is 1. The molecule has 11 heteroatoms. The third kappa shape index (κ3) is 4.31. The molecule has 0 aliphatic heterocycles. The van der Waals surface area contributed by atoms with Gasteiger partial charge in [0.25, 0.3) is 5.56 Å². The number of carbonyl (C=O) groups is 1. The fourth-order valence-corrected chi connectivity index (χ4v) is 3.49. The summed E-state index contributed by atoms with van der Waals surface area (Å²) in [4.78, 5) is 38.8. The molecule has 1 heterocycles. The van der Waals surface area contributed by atoms with Crippen molar-refractivity contribution in [3.63, 3.8) is 0 Å². The van der Waals surface area contributed by atoms with E-state index in [1.54, 1.807) is 30.3 Å². The molecule has 0 saturated heterocycles. The van der Waals surface area contributed by atoms with Gasteiger partial charge in [0, 0.05) is 10.0 Å². The van der Waals surface area contributed by atoms with Crippen LogP contribution in [0.4, 0.5) is 0 Å². The van der Waals surface area contributed by atoms with Crippen LogP contribution in [0.5, 0.6) is 11.5 Å². The first-order chi connectivity index (χ1) is 14.4. The maximum Gasteiger partial charge on any atom is 0.349 e. The number of nitrogens with one attached hydrogen (secondary N) is 1. The van der Waals surface area contributed by atoms with Crippen molar-refractivity contribution < 1.29 is 19.0 Å². The van der Waals surface area contributed by atoms with Crippen LogP contribution in [-0.4, -0.2) is 42.7 Å². The van der Waals surface area contributed by atoms with E-state index in [0.717, 1.165) is 4.68 Å². The van der Waals surface area contributed by atoms with Crippen LogP contribution < -0.4 is 20.7 Å². The number of para-hydroxylation sites is 1. The lowest BCUT2D eigenvalue weighted by Gasteiger charge is -2.14. The molecule has 3 rings (SSSR count). The minimum Gasteiger partial charge on any atom is -0.493 e. The van der Waals surface area contributed by atoms with Gasteiger partial charge in [0.1, 0.15) is 0 Å². The minimum absolute atomic E-state index is 0.271. The van der Waals surface area contributed by atoms with Gasteiger partial charge in [0.2, 0.25) is 0 Å². The molecule has 1 aromatic heterocycles. The highest BCUT2D eigenvalue weighted by molar-refractivity contribution is 9.13. The van der Waals surface area contributed by atoms with Crippen molar-refractivity contribution in [2.75, 3.05) is 20.8 Å². The fourth-order valence-electron chi connectivity index (χ4n) is 2.55. The van der Waals surface area contributed by atoms with Crippen LogP contribution in [0.3, 0.4) is 0 Å². The summed E-state index contributed by atoms with van der Waals surface area (Å²) in [7, 11) is 2.68. The Morgan fingerprint density at radius 3 is 2.63 bits per heavy atom. The maximum atomic E-state index is 12.6. The summed E-state index contributed by atoms with van der Waals surface area (Å²) >= 11 is 6.79. The molecular weight excluding hydrogens is 526 g/mol. The number of ether oxygens (including phenoxy) is 3. The Bertz CT molecular complexity index is 1270. The molecule has 2 aromatic carbocycles. The second-order valence-electron chi connectivity index (χ2n) is 5.83. The lowest BCUT2D eigenvalue weighted by molar-refractivity contribution is -0.142. The standard InChI is InChI=1S/C19H15Br2N3O6/c1-28-13-7-10(15(20)16(21)17(13)30-9-14(25)29-2)8-22-24-18(26)11-5-3-4-6-12(11)23-19(24)27/h3-8H,9H2,1-2H3,(H,23,27). The van der Waals surface area contributed by atoms with Gasteiger partial charge in [-0.05, 0) is 50.1 Å². The number of H-pyrrole nitrogens is 1. The van der Waals surface area contributed by atoms with Crippen molar-refractivity contribution in [2.24, 2.45) is 5.10 Å². The quantitative estimate of drug-likeness (QED) is 0.380. The predicted octanol–water partition coefficient (Wildman–Crippen LogP) is 2.66. The summed E-state index contributed by atoms with van der Waals surface area (Å²) in [5, 5.41) is 4.37. The zero-order valence-corrected chi connectivity index (χ0v) is 18.9. The van der Waals surface area contributed by atoms with Crippen molar-refractivity contribution in [1.29, 1.82) is 0 Å². The molecule has 0 spiro atoms. The summed E-state index contributed by atoms with van der Waals surface area (Å²) in [6, 6.07) is 8.23. The molecule has 9 nitrogen and oxygen atoms in total. The molecule has 0 amide bonds. The monoisotopic (exact) mass is 539 g/mol. The topological polar surface area (TPSA) is 112 Å². The van der Waals surface area contributed by atoms with E-state index in [9.17, 15) is 14.4 Å². The fraction of sp³-hybridized carbons (Fsp3) is 0.158. The Hall–Kier alpha value is -2.92. The van der Waals surface area contributed by atoms with E-state index in [-0.39, 0.29) is 12.4 Å². The van der Waals surface area contributed by atoms with Gasteiger partial charge >= 0.3 is 11.7 Å². The number of carbonyl (C=O) groups excluding carboxylic acids is 1. The number of aromatic nitrogens is 2. The van der Waals surface area contributed by atoms with E-state index in [0.29, 0.717) is 31.2 Å². The van der Waals surface area contributed by atoms with E-state index < -0.39 is 17.2 Å². The molecule has 0 unspecified atom stereocenters. The first-order valence-corrected chi connectivity index (χ1v) is 10.00. The normalized spacial score (nSPS) is 11.1. The van der Waals surface area contributed by atoms with E-state index in [4.69, 9.17) is 9.47 Å². The zero-order chi connectivity index (χ0) is 21.8. The van der Waals surface area contributed by atoms with E-state index >= 15 is 0 Å². The zero-order valence-electron chi connectivity index (χ0n) is 15.8. The van der Waals surface area contributed by atoms with Crippen molar-refractivity contribution in [1.82, 2.24) is 9.66 Å². The largest absolute Gasteiger partial charge is 0.493 e. The van der Waals surface area contributed by atoms with Crippen LogP contribution in [-0.2, 0) is 9.53 Å². The van der Waals surface area contributed by atoms with Gasteiger partial charge in [-0.2, -0.15) is 5.10 Å². The third-order valence-corrected chi connectivity index (χ3v) is 6.18. The van der Waals surface area contributed by atoms with Gasteiger partial charge in [-0.25, -0.2) is 9.59 Å². The average molecular weight is 541 g/mol. The molecule has 0 atom stereocenters. The SMILES string of the molecule is COC(=O)COc1c(OC)cc(C=Nn2c(=O)[nH]c3ccccc3c2=O)c(Br)c1Br. The molecule has 0 aliphatic carbocycles.